The molecule has 2 saturated heterocycles. The van der Waals surface area contributed by atoms with Crippen LogP contribution in [0, 0.1) is 35.5 Å². The van der Waals surface area contributed by atoms with Crippen LogP contribution in [0.4, 0.5) is 0 Å². The van der Waals surface area contributed by atoms with Crippen LogP contribution in [0.15, 0.2) is 57.6 Å². The van der Waals surface area contributed by atoms with Crippen molar-refractivity contribution in [1.82, 2.24) is 9.80 Å². The molecule has 0 radical (unpaired) electrons. The lowest BCUT2D eigenvalue weighted by Gasteiger charge is -2.42. The van der Waals surface area contributed by atoms with Crippen LogP contribution >= 0.6 is 0 Å². The third-order valence-electron chi connectivity index (χ3n) is 15.2. The maximum Gasteiger partial charge on any atom is 0.329 e. The zero-order valence-corrected chi connectivity index (χ0v) is 44.7. The van der Waals surface area contributed by atoms with Gasteiger partial charge in [0.15, 0.2) is 11.7 Å². The lowest BCUT2D eigenvalue weighted by molar-refractivity contribution is -0.263. The van der Waals surface area contributed by atoms with Crippen LogP contribution in [-0.2, 0) is 42.9 Å². The second-order valence-corrected chi connectivity index (χ2v) is 21.2. The van der Waals surface area contributed by atoms with Gasteiger partial charge in [0, 0.05) is 65.5 Å². The van der Waals surface area contributed by atoms with Gasteiger partial charge >= 0.3 is 5.97 Å². The highest BCUT2D eigenvalue weighted by Crippen LogP contribution is 2.38. The fourth-order valence-electron chi connectivity index (χ4n) is 10.4. The van der Waals surface area contributed by atoms with Gasteiger partial charge in [-0.05, 0) is 107 Å². The minimum atomic E-state index is -2.53. The molecule has 1 amide bonds. The van der Waals surface area contributed by atoms with Crippen LogP contribution < -0.4 is 11.5 Å². The minimum absolute atomic E-state index is 0.0358. The molecular weight excluding hydrogens is 925 g/mol. The first-order chi connectivity index (χ1) is 33.9. The van der Waals surface area contributed by atoms with Crippen molar-refractivity contribution < 1.29 is 58.2 Å². The van der Waals surface area contributed by atoms with Gasteiger partial charge in [0.05, 0.1) is 24.4 Å². The summed E-state index contributed by atoms with van der Waals surface area (Å²) in [6, 6.07) is -1.85. The van der Waals surface area contributed by atoms with E-state index in [4.69, 9.17) is 30.4 Å². The highest BCUT2D eigenvalue weighted by molar-refractivity contribution is 6.39. The number of amides is 1. The Hall–Kier alpha value is -4.59. The number of methoxy groups -OCH3 is 2. The number of ketones is 3. The van der Waals surface area contributed by atoms with E-state index in [9.17, 15) is 39.3 Å². The van der Waals surface area contributed by atoms with Gasteiger partial charge in [0.1, 0.15) is 30.1 Å². The largest absolute Gasteiger partial charge is 0.460 e. The van der Waals surface area contributed by atoms with Crippen LogP contribution in [0.1, 0.15) is 126 Å². The number of nitrogens with zero attached hydrogens (tertiary/aromatic N) is 4. The lowest BCUT2D eigenvalue weighted by Crippen LogP contribution is -2.61. The molecule has 3 fully saturated rings. The third kappa shape index (κ3) is 16.2. The number of hydrogen-bond acceptors (Lipinski definition) is 13. The number of fused-ring (bicyclic) bond motifs is 3. The van der Waals surface area contributed by atoms with Gasteiger partial charge in [-0.25, -0.2) is 9.79 Å². The fourth-order valence-corrected chi connectivity index (χ4v) is 10.4. The number of piperidine rings is 1. The molecule has 0 aromatic carbocycles. The first-order valence-corrected chi connectivity index (χ1v) is 25.9. The summed E-state index contributed by atoms with van der Waals surface area (Å²) in [7, 11) is 6.35. The second kappa shape index (κ2) is 27.6. The summed E-state index contributed by atoms with van der Waals surface area (Å²) in [4.78, 5) is 83.0. The summed E-state index contributed by atoms with van der Waals surface area (Å²) in [5.74, 6) is -8.46. The zero-order valence-electron chi connectivity index (χ0n) is 44.7. The van der Waals surface area contributed by atoms with Crippen molar-refractivity contribution in [2.24, 2.45) is 57.0 Å². The highest BCUT2D eigenvalue weighted by atomic mass is 16.6. The number of hydrogen-bond donors (Lipinski definition) is 5. The normalized spacial score (nSPS) is 38.1. The zero-order chi connectivity index (χ0) is 53.6. The highest BCUT2D eigenvalue weighted by Gasteiger charge is 2.53. The first-order valence-electron chi connectivity index (χ1n) is 25.9. The average Bonchev–Trinajstić information content (AvgIpc) is 3.34. The van der Waals surface area contributed by atoms with E-state index in [0.717, 1.165) is 10.5 Å². The van der Waals surface area contributed by atoms with Gasteiger partial charge in [-0.2, -0.15) is 4.99 Å². The molecule has 0 aromatic heterocycles. The first kappa shape index (κ1) is 60.0. The number of nitrogens with two attached hydrogens (primary N) is 2. The van der Waals surface area contributed by atoms with Gasteiger partial charge in [-0.1, -0.05) is 71.1 Å². The molecule has 4 rings (SSSR count). The van der Waals surface area contributed by atoms with Crippen molar-refractivity contribution in [3.8, 4) is 0 Å². The SMILES string of the molecule is CO[C@@H]1C[C@@H](CC(C)[C@@H]2CC(=O)[C@H](C)/C=C(\C)[C@@H](O)[C@@H](OC)C(=O)[C@H](C)C[C@H](C)/C=C/C=C/C=C(/C)[C@H](N=C(N)N=C(N)N(C)C)C[C@@H]3CC[C@@H](C)[C@@](O)(O3)C(=O)C(=O)N3CCCC[C@H]3C(=O)O2)CC[C@H]1O. The Morgan fingerprint density at radius 3 is 2.29 bits per heavy atom. The number of allylic oxidation sites excluding steroid dienone is 6. The number of cyclic esters (lactones) is 1. The second-order valence-electron chi connectivity index (χ2n) is 21.2. The van der Waals surface area contributed by atoms with E-state index in [1.54, 1.807) is 59.9 Å². The van der Waals surface area contributed by atoms with E-state index >= 15 is 0 Å². The minimum Gasteiger partial charge on any atom is -0.460 e. The number of esters is 1. The lowest BCUT2D eigenvalue weighted by atomic mass is 9.78. The van der Waals surface area contributed by atoms with Gasteiger partial charge in [0.2, 0.25) is 11.7 Å². The molecular formula is C54H86N6O12. The van der Waals surface area contributed by atoms with Crippen molar-refractivity contribution in [3.05, 3.63) is 47.6 Å². The van der Waals surface area contributed by atoms with Crippen molar-refractivity contribution in [3.63, 3.8) is 0 Å². The standard InChI is InChI=1S/C54H86N6O12/c1-31-17-13-12-14-18-32(2)40(57-52(55)58-53(56)59(8)9)29-39-22-20-37(7)54(68,72-39)49(65)50(66)60-24-16-15-19-41(60)51(67)71-44(34(4)27-38-21-23-42(61)45(28-38)69-10)30-43(62)33(3)26-36(6)47(64)48(70-11)46(63)35(5)25-31/h12-14,17-18,26,31,33-35,37-42,44-45,47-48,61,64,68H,15-16,19-25,27-30H2,1-11H3,(H4,55,56,57,58)/b14-12+,17-13+,32-18-,36-26+/t31-,33-,34?,35-,37-,38-,39+,40-,41+,42-,44+,45-,47-,48+,54-/m1/s1. The molecule has 1 unspecified atom stereocenters. The fraction of sp³-hybridized carbons (Fsp3) is 0.722. The maximum absolute atomic E-state index is 14.5. The molecule has 72 heavy (non-hydrogen) atoms. The number of Topliss-reactive ketones (excluding diaryl/α,β-unsaturated/α-hetero) is 3. The number of carbonyl (C=O) groups is 5. The van der Waals surface area contributed by atoms with Gasteiger partial charge in [-0.15, -0.1) is 0 Å². The predicted molar refractivity (Wildman–Crippen MR) is 275 cm³/mol. The summed E-state index contributed by atoms with van der Waals surface area (Å²) in [6.45, 7) is 12.5. The Kier molecular flexibility index (Phi) is 23.0. The Labute approximate surface area is 427 Å². The molecule has 0 spiro atoms. The number of carbonyl (C=O) groups excluding carboxylic acids is 5. The van der Waals surface area contributed by atoms with Crippen LogP contribution in [0.5, 0.6) is 0 Å². The monoisotopic (exact) mass is 1010 g/mol. The van der Waals surface area contributed by atoms with Crippen LogP contribution in [0.3, 0.4) is 0 Å². The summed E-state index contributed by atoms with van der Waals surface area (Å²) >= 11 is 0. The molecule has 0 aromatic rings. The van der Waals surface area contributed by atoms with E-state index in [1.807, 2.05) is 51.2 Å². The number of aliphatic hydroxyl groups is 3. The number of aliphatic hydroxyl groups excluding tert-OH is 2. The molecule has 2 bridgehead atoms. The summed E-state index contributed by atoms with van der Waals surface area (Å²) in [5, 5.41) is 34.2. The summed E-state index contributed by atoms with van der Waals surface area (Å²) in [6.07, 6.45) is 10.5. The van der Waals surface area contributed by atoms with Gasteiger partial charge in [0.25, 0.3) is 11.7 Å². The number of guanidine groups is 2. The molecule has 18 nitrogen and oxygen atoms in total. The van der Waals surface area contributed by atoms with E-state index in [1.165, 1.54) is 7.11 Å². The van der Waals surface area contributed by atoms with Gasteiger partial charge in [-0.3, -0.25) is 19.2 Å². The molecule has 3 aliphatic heterocycles. The molecule has 15 atom stereocenters. The number of ether oxygens (including phenoxy) is 4. The maximum atomic E-state index is 14.5. The molecule has 7 N–H and O–H groups in total. The van der Waals surface area contributed by atoms with E-state index in [0.29, 0.717) is 63.4 Å². The summed E-state index contributed by atoms with van der Waals surface area (Å²) in [5.41, 5.74) is 13.5. The molecule has 1 aliphatic carbocycles. The number of rotatable bonds is 6. The van der Waals surface area contributed by atoms with Crippen molar-refractivity contribution in [2.45, 2.75) is 180 Å². The smallest absolute Gasteiger partial charge is 0.329 e. The molecule has 18 heteroatoms. The predicted octanol–water partition coefficient (Wildman–Crippen LogP) is 4.73. The molecule has 404 valence electrons. The topological polar surface area (TPSA) is 266 Å². The van der Waals surface area contributed by atoms with Crippen LogP contribution in [0.2, 0.25) is 0 Å². The summed E-state index contributed by atoms with van der Waals surface area (Å²) < 4.78 is 23.7. The van der Waals surface area contributed by atoms with Gasteiger partial charge < -0.3 is 55.5 Å². The number of aliphatic imine (C=N–C) groups is 2. The quantitative estimate of drug-likeness (QED) is 0.0792. The van der Waals surface area contributed by atoms with E-state index < -0.39 is 83.8 Å². The van der Waals surface area contributed by atoms with E-state index in [-0.39, 0.29) is 73.2 Å². The Balaban J connectivity index is 1.76. The average molecular weight is 1010 g/mol. The molecule has 4 aliphatic rings. The third-order valence-corrected chi connectivity index (χ3v) is 15.2. The Bertz CT molecular complexity index is 2070. The van der Waals surface area contributed by atoms with Crippen LogP contribution in [0.25, 0.3) is 0 Å². The molecule has 3 heterocycles. The Morgan fingerprint density at radius 2 is 1.62 bits per heavy atom. The van der Waals surface area contributed by atoms with Crippen molar-refractivity contribution >= 4 is 41.1 Å². The molecule has 1 saturated carbocycles. The van der Waals surface area contributed by atoms with Crippen molar-refractivity contribution in [1.29, 1.82) is 0 Å². The van der Waals surface area contributed by atoms with Crippen molar-refractivity contribution in [2.75, 3.05) is 34.9 Å². The van der Waals surface area contributed by atoms with E-state index in [2.05, 4.69) is 9.98 Å². The van der Waals surface area contributed by atoms with Crippen LogP contribution in [-0.4, -0.2) is 156 Å². The Morgan fingerprint density at radius 1 is 0.917 bits per heavy atom.